The Hall–Kier alpha value is -1.23. The van der Waals surface area contributed by atoms with E-state index in [1.807, 2.05) is 11.8 Å². The number of ether oxygens (including phenoxy) is 1. The van der Waals surface area contributed by atoms with E-state index < -0.39 is 0 Å². The summed E-state index contributed by atoms with van der Waals surface area (Å²) in [4.78, 5) is 15.6. The van der Waals surface area contributed by atoms with Crippen molar-refractivity contribution in [1.82, 2.24) is 4.98 Å². The summed E-state index contributed by atoms with van der Waals surface area (Å²) in [5, 5.41) is 3.37. The van der Waals surface area contributed by atoms with E-state index in [0.717, 1.165) is 18.7 Å². The van der Waals surface area contributed by atoms with Crippen LogP contribution in [0.15, 0.2) is 18.3 Å². The number of nitrogens with zero attached hydrogens (tertiary/aromatic N) is 1. The van der Waals surface area contributed by atoms with Crippen LogP contribution in [0.1, 0.15) is 23.2 Å². The molecule has 2 heterocycles. The van der Waals surface area contributed by atoms with Gasteiger partial charge in [-0.05, 0) is 36.5 Å². The molecule has 0 radical (unpaired) electrons. The van der Waals surface area contributed by atoms with Crippen molar-refractivity contribution >= 4 is 23.5 Å². The molecule has 1 N–H and O–H groups in total. The Morgan fingerprint density at radius 3 is 3.00 bits per heavy atom. The first-order valence-corrected chi connectivity index (χ1v) is 6.83. The third-order valence-corrected chi connectivity index (χ3v) is 3.80. The summed E-state index contributed by atoms with van der Waals surface area (Å²) in [6.45, 7) is 0. The zero-order valence-electron chi connectivity index (χ0n) is 9.81. The van der Waals surface area contributed by atoms with Gasteiger partial charge in [0, 0.05) is 12.2 Å². The van der Waals surface area contributed by atoms with Gasteiger partial charge in [0.1, 0.15) is 5.82 Å². The molecule has 1 aromatic heterocycles. The summed E-state index contributed by atoms with van der Waals surface area (Å²) in [5.74, 6) is 2.81. The van der Waals surface area contributed by atoms with Crippen molar-refractivity contribution in [1.29, 1.82) is 0 Å². The van der Waals surface area contributed by atoms with Crippen molar-refractivity contribution in [2.24, 2.45) is 0 Å². The Balaban J connectivity index is 2.02. The maximum absolute atomic E-state index is 11.4. The van der Waals surface area contributed by atoms with Gasteiger partial charge in [0.05, 0.1) is 12.7 Å². The van der Waals surface area contributed by atoms with Crippen LogP contribution < -0.4 is 5.32 Å². The van der Waals surface area contributed by atoms with Gasteiger partial charge in [-0.2, -0.15) is 11.8 Å². The van der Waals surface area contributed by atoms with Gasteiger partial charge < -0.3 is 10.1 Å². The predicted octanol–water partition coefficient (Wildman–Crippen LogP) is 2.18. The van der Waals surface area contributed by atoms with E-state index in [1.54, 1.807) is 18.3 Å². The molecule has 17 heavy (non-hydrogen) atoms. The van der Waals surface area contributed by atoms with Crippen LogP contribution in [0.2, 0.25) is 0 Å². The molecule has 0 bridgehead atoms. The van der Waals surface area contributed by atoms with Crippen LogP contribution in [0.4, 0.5) is 5.82 Å². The summed E-state index contributed by atoms with van der Waals surface area (Å²) in [5.41, 5.74) is 0.537. The molecule has 0 amide bonds. The van der Waals surface area contributed by atoms with E-state index in [1.165, 1.54) is 18.6 Å². The SMILES string of the molecule is COC(=O)c1ccnc(NC2CCSCC2)c1. The molecule has 1 aliphatic heterocycles. The van der Waals surface area contributed by atoms with Crippen molar-refractivity contribution in [2.45, 2.75) is 18.9 Å². The summed E-state index contributed by atoms with van der Waals surface area (Å²) in [7, 11) is 1.38. The number of methoxy groups -OCH3 is 1. The van der Waals surface area contributed by atoms with Crippen molar-refractivity contribution in [3.63, 3.8) is 0 Å². The second-order valence-electron chi connectivity index (χ2n) is 3.95. The second-order valence-corrected chi connectivity index (χ2v) is 5.18. The van der Waals surface area contributed by atoms with Crippen LogP contribution in [0.5, 0.6) is 0 Å². The number of aromatic nitrogens is 1. The Labute approximate surface area is 105 Å². The highest BCUT2D eigenvalue weighted by atomic mass is 32.2. The number of hydrogen-bond acceptors (Lipinski definition) is 5. The lowest BCUT2D eigenvalue weighted by Crippen LogP contribution is -2.25. The average Bonchev–Trinajstić information content (AvgIpc) is 2.39. The van der Waals surface area contributed by atoms with E-state index >= 15 is 0 Å². The van der Waals surface area contributed by atoms with Crippen molar-refractivity contribution < 1.29 is 9.53 Å². The molecule has 1 aromatic rings. The number of anilines is 1. The fourth-order valence-electron chi connectivity index (χ4n) is 1.81. The van der Waals surface area contributed by atoms with Gasteiger partial charge >= 0.3 is 5.97 Å². The average molecular weight is 252 g/mol. The Kier molecular flexibility index (Phi) is 4.25. The smallest absolute Gasteiger partial charge is 0.338 e. The molecule has 2 rings (SSSR count). The number of carbonyl (C=O) groups excluding carboxylic acids is 1. The van der Waals surface area contributed by atoms with Gasteiger partial charge in [0.2, 0.25) is 0 Å². The third kappa shape index (κ3) is 3.36. The Bertz CT molecular complexity index is 392. The molecule has 92 valence electrons. The van der Waals surface area contributed by atoms with E-state index in [9.17, 15) is 4.79 Å². The fraction of sp³-hybridized carbons (Fsp3) is 0.500. The molecule has 4 nitrogen and oxygen atoms in total. The highest BCUT2D eigenvalue weighted by Crippen LogP contribution is 2.20. The first-order valence-electron chi connectivity index (χ1n) is 5.68. The van der Waals surface area contributed by atoms with E-state index in [-0.39, 0.29) is 5.97 Å². The lowest BCUT2D eigenvalue weighted by molar-refractivity contribution is 0.0600. The lowest BCUT2D eigenvalue weighted by atomic mass is 10.1. The molecule has 1 fully saturated rings. The molecular formula is C12H16N2O2S. The minimum atomic E-state index is -0.324. The molecule has 0 spiro atoms. The van der Waals surface area contributed by atoms with Crippen LogP contribution in [0.25, 0.3) is 0 Å². The number of thioether (sulfide) groups is 1. The number of pyridine rings is 1. The monoisotopic (exact) mass is 252 g/mol. The summed E-state index contributed by atoms with van der Waals surface area (Å²) in [6.07, 6.45) is 3.93. The number of rotatable bonds is 3. The maximum atomic E-state index is 11.4. The first kappa shape index (κ1) is 12.2. The fourth-order valence-corrected chi connectivity index (χ4v) is 2.91. The molecule has 0 aromatic carbocycles. The van der Waals surface area contributed by atoms with Crippen molar-refractivity contribution in [3.8, 4) is 0 Å². The summed E-state index contributed by atoms with van der Waals surface area (Å²) >= 11 is 1.99. The minimum absolute atomic E-state index is 0.324. The van der Waals surface area contributed by atoms with Crippen LogP contribution in [-0.4, -0.2) is 35.6 Å². The first-order chi connectivity index (χ1) is 8.29. The molecular weight excluding hydrogens is 236 g/mol. The van der Waals surface area contributed by atoms with Gasteiger partial charge in [-0.3, -0.25) is 0 Å². The lowest BCUT2D eigenvalue weighted by Gasteiger charge is -2.23. The number of carbonyl (C=O) groups is 1. The van der Waals surface area contributed by atoms with Gasteiger partial charge in [0.25, 0.3) is 0 Å². The normalized spacial score (nSPS) is 16.5. The summed E-state index contributed by atoms with van der Waals surface area (Å²) in [6, 6.07) is 3.87. The zero-order valence-corrected chi connectivity index (χ0v) is 10.6. The van der Waals surface area contributed by atoms with Crippen LogP contribution in [0.3, 0.4) is 0 Å². The number of hydrogen-bond donors (Lipinski definition) is 1. The molecule has 0 aliphatic carbocycles. The molecule has 1 aliphatic rings. The molecule has 5 heteroatoms. The van der Waals surface area contributed by atoms with E-state index in [0.29, 0.717) is 11.6 Å². The molecule has 0 atom stereocenters. The number of esters is 1. The van der Waals surface area contributed by atoms with Gasteiger partial charge in [-0.1, -0.05) is 0 Å². The minimum Gasteiger partial charge on any atom is -0.465 e. The maximum Gasteiger partial charge on any atom is 0.338 e. The topological polar surface area (TPSA) is 51.2 Å². The van der Waals surface area contributed by atoms with Gasteiger partial charge in [-0.25, -0.2) is 9.78 Å². The van der Waals surface area contributed by atoms with Crippen molar-refractivity contribution in [3.05, 3.63) is 23.9 Å². The zero-order chi connectivity index (χ0) is 12.1. The highest BCUT2D eigenvalue weighted by molar-refractivity contribution is 7.99. The number of nitrogens with one attached hydrogen (secondary N) is 1. The predicted molar refractivity (Wildman–Crippen MR) is 69.5 cm³/mol. The Morgan fingerprint density at radius 2 is 2.29 bits per heavy atom. The van der Waals surface area contributed by atoms with Gasteiger partial charge in [0.15, 0.2) is 0 Å². The largest absolute Gasteiger partial charge is 0.465 e. The van der Waals surface area contributed by atoms with E-state index in [2.05, 4.69) is 15.0 Å². The van der Waals surface area contributed by atoms with Gasteiger partial charge in [-0.15, -0.1) is 0 Å². The quantitative estimate of drug-likeness (QED) is 0.836. The molecule has 0 saturated carbocycles. The van der Waals surface area contributed by atoms with Crippen LogP contribution >= 0.6 is 11.8 Å². The highest BCUT2D eigenvalue weighted by Gasteiger charge is 2.14. The Morgan fingerprint density at radius 1 is 1.53 bits per heavy atom. The molecule has 1 saturated heterocycles. The van der Waals surface area contributed by atoms with Crippen LogP contribution in [0, 0.1) is 0 Å². The van der Waals surface area contributed by atoms with E-state index in [4.69, 9.17) is 0 Å². The standard InChI is InChI=1S/C12H16N2O2S/c1-16-12(15)9-2-5-13-11(8-9)14-10-3-6-17-7-4-10/h2,5,8,10H,3-4,6-7H2,1H3,(H,13,14). The third-order valence-electron chi connectivity index (χ3n) is 2.75. The summed E-state index contributed by atoms with van der Waals surface area (Å²) < 4.78 is 4.68. The van der Waals surface area contributed by atoms with Crippen LogP contribution in [-0.2, 0) is 4.74 Å². The molecule has 0 unspecified atom stereocenters. The second kappa shape index (κ2) is 5.91. The van der Waals surface area contributed by atoms with Crippen molar-refractivity contribution in [2.75, 3.05) is 23.9 Å².